The van der Waals surface area contributed by atoms with Crippen molar-refractivity contribution >= 4 is 23.9 Å². The molecular weight excluding hydrogens is 993 g/mol. The van der Waals surface area contributed by atoms with Crippen molar-refractivity contribution in [1.82, 2.24) is 10.6 Å². The molecule has 2 amide bonds. The number of fused-ring (bicyclic) bond motifs is 5. The van der Waals surface area contributed by atoms with Crippen molar-refractivity contribution in [2.75, 3.05) is 26.9 Å². The number of hydrogen-bond donors (Lipinski definition) is 6. The number of nitrogens with one attached hydrogen (secondary N) is 2. The minimum atomic E-state index is -1.67. The molecule has 0 aromatic heterocycles. The van der Waals surface area contributed by atoms with Crippen LogP contribution in [0.2, 0.25) is 0 Å². The Morgan fingerprint density at radius 3 is 2.18 bits per heavy atom. The van der Waals surface area contributed by atoms with E-state index in [1.165, 1.54) is 30.9 Å². The quantitative estimate of drug-likeness (QED) is 0.0468. The van der Waals surface area contributed by atoms with Crippen molar-refractivity contribution in [3.05, 3.63) is 89.5 Å². The highest BCUT2D eigenvalue weighted by atomic mass is 16.7. The highest BCUT2D eigenvalue weighted by molar-refractivity contribution is 5.89. The molecule has 2 heterocycles. The summed E-state index contributed by atoms with van der Waals surface area (Å²) in [5, 5.41) is 53.0. The number of hydrogen-bond acceptors (Lipinski definition) is 16. The first kappa shape index (κ1) is 58.2. The number of aliphatic hydroxyl groups excluding tert-OH is 3. The van der Waals surface area contributed by atoms with Gasteiger partial charge in [-0.15, -0.1) is 0 Å². The van der Waals surface area contributed by atoms with E-state index < -0.39 is 90.2 Å². The summed E-state index contributed by atoms with van der Waals surface area (Å²) in [6, 6.07) is 13.2. The second kappa shape index (κ2) is 24.6. The third-order valence-electron chi connectivity index (χ3n) is 18.3. The Morgan fingerprint density at radius 1 is 0.844 bits per heavy atom. The van der Waals surface area contributed by atoms with E-state index in [9.17, 15) is 39.6 Å². The predicted molar refractivity (Wildman–Crippen MR) is 281 cm³/mol. The van der Waals surface area contributed by atoms with E-state index in [1.54, 1.807) is 43.3 Å². The van der Waals surface area contributed by atoms with Gasteiger partial charge in [0, 0.05) is 36.8 Å². The maximum Gasteiger partial charge on any atom is 0.407 e. The Hall–Kier alpha value is -4.92. The lowest BCUT2D eigenvalue weighted by Crippen LogP contribution is -2.62. The van der Waals surface area contributed by atoms with Gasteiger partial charge in [0.05, 0.1) is 44.2 Å². The van der Waals surface area contributed by atoms with Crippen molar-refractivity contribution in [3.8, 4) is 5.75 Å². The summed E-state index contributed by atoms with van der Waals surface area (Å²) >= 11 is 0. The number of ketones is 1. The highest BCUT2D eigenvalue weighted by Crippen LogP contribution is 2.69. The summed E-state index contributed by atoms with van der Waals surface area (Å²) in [5.41, 5.74) is 0.636. The molecule has 0 bridgehead atoms. The van der Waals surface area contributed by atoms with Crippen LogP contribution in [0.1, 0.15) is 121 Å². The molecule has 17 atom stereocenters. The molecule has 0 radical (unpaired) electrons. The van der Waals surface area contributed by atoms with Crippen molar-refractivity contribution in [1.29, 1.82) is 0 Å². The molecule has 4 aliphatic carbocycles. The summed E-state index contributed by atoms with van der Waals surface area (Å²) in [6.45, 7) is 15.5. The summed E-state index contributed by atoms with van der Waals surface area (Å²) in [7, 11) is 1.49. The number of carbonyl (C=O) groups excluding carboxylic acids is 4. The van der Waals surface area contributed by atoms with E-state index in [0.717, 1.165) is 31.2 Å². The van der Waals surface area contributed by atoms with E-state index in [0.29, 0.717) is 55.3 Å². The Morgan fingerprint density at radius 2 is 1.52 bits per heavy atom. The number of Topliss-reactive ketones (excluding diaryl/α,β-unsaturated/α-hetero) is 1. The summed E-state index contributed by atoms with van der Waals surface area (Å²) in [4.78, 5) is 53.1. The molecular formula is C59H82N2O16. The second-order valence-electron chi connectivity index (χ2n) is 23.3. The lowest BCUT2D eigenvalue weighted by molar-refractivity contribution is -0.333. The predicted octanol–water partition coefficient (Wildman–Crippen LogP) is 7.07. The van der Waals surface area contributed by atoms with Crippen LogP contribution < -0.4 is 15.4 Å². The van der Waals surface area contributed by atoms with Gasteiger partial charge < -0.3 is 69.0 Å². The fourth-order valence-corrected chi connectivity index (χ4v) is 13.6. The summed E-state index contributed by atoms with van der Waals surface area (Å²) in [6.07, 6.45) is -2.06. The molecule has 6 aliphatic rings. The van der Waals surface area contributed by atoms with Gasteiger partial charge in [-0.25, -0.2) is 14.4 Å². The number of allylic oxidation sites excluding steroid dienone is 1. The molecule has 18 heteroatoms. The first-order valence-electron chi connectivity index (χ1n) is 27.6. The molecule has 2 aliphatic heterocycles. The number of aliphatic hydroxyl groups is 4. The number of alkyl carbamates (subject to hydrolysis) is 2. The minimum Gasteiger partial charge on any atom is -0.497 e. The van der Waals surface area contributed by atoms with Crippen LogP contribution in [0.5, 0.6) is 5.75 Å². The lowest BCUT2D eigenvalue weighted by Gasteiger charge is -2.59. The van der Waals surface area contributed by atoms with Gasteiger partial charge >= 0.3 is 18.2 Å². The van der Waals surface area contributed by atoms with Crippen LogP contribution in [0, 0.1) is 46.3 Å². The minimum absolute atomic E-state index is 0.00663. The van der Waals surface area contributed by atoms with Crippen molar-refractivity contribution in [3.63, 3.8) is 0 Å². The first-order chi connectivity index (χ1) is 36.7. The number of rotatable bonds is 19. The molecule has 0 spiro atoms. The van der Waals surface area contributed by atoms with Crippen LogP contribution in [-0.2, 0) is 51.0 Å². The zero-order chi connectivity index (χ0) is 55.4. The van der Waals surface area contributed by atoms with Gasteiger partial charge in [-0.05, 0) is 116 Å². The van der Waals surface area contributed by atoms with E-state index in [-0.39, 0.29) is 67.6 Å². The van der Waals surface area contributed by atoms with Gasteiger partial charge in [-0.3, -0.25) is 4.79 Å². The molecule has 6 N–H and O–H groups in total. The van der Waals surface area contributed by atoms with Gasteiger partial charge in [0.25, 0.3) is 0 Å². The average Bonchev–Trinajstić information content (AvgIpc) is 3.86. The molecule has 5 fully saturated rings. The molecule has 9 unspecified atom stereocenters. The van der Waals surface area contributed by atoms with Crippen LogP contribution in [-0.4, -0.2) is 132 Å². The zero-order valence-corrected chi connectivity index (χ0v) is 45.7. The molecule has 2 aromatic rings. The molecule has 77 heavy (non-hydrogen) atoms. The Balaban J connectivity index is 0.981. The first-order valence-corrected chi connectivity index (χ1v) is 27.6. The maximum atomic E-state index is 14.3. The van der Waals surface area contributed by atoms with E-state index >= 15 is 0 Å². The van der Waals surface area contributed by atoms with Crippen LogP contribution in [0.25, 0.3) is 0 Å². The Labute approximate surface area is 452 Å². The summed E-state index contributed by atoms with van der Waals surface area (Å²) < 4.78 is 47.8. The largest absolute Gasteiger partial charge is 0.497 e. The van der Waals surface area contributed by atoms with Gasteiger partial charge in [0.1, 0.15) is 35.9 Å². The van der Waals surface area contributed by atoms with Crippen LogP contribution in [0.15, 0.2) is 72.8 Å². The van der Waals surface area contributed by atoms with Gasteiger partial charge in [-0.1, -0.05) is 90.1 Å². The molecule has 18 nitrogen and oxygen atoms in total. The molecule has 424 valence electrons. The standard InChI is InChI=1S/C59H82N2O16/c1-9-26-71-55(67)60-29-36-11-13-37(14-12-36)30-61-56(68)74-47-32-73-54(51(49(47)65)76-52(66)38-15-18-41(70-8)19-16-38)77-50-34(4)53(72-31-46(50)64)75-48-28-44-42-20-17-39-27-40(62)22-24-57(39,6)43(42)23-25-58(44,7)59(48,69)35(5)45(63)21-10-33(2)3/h9,11-19,33-35,40,42-44,46-51,53-54,62,64-65,69H,1,10,20-32H2,2-8H3,(H,60,67)(H,61,68)/t34?,35-,40+,42-,43?,44+,46?,47?,48+,49?,50?,51?,53?,54?,57+,58+,59-/m1/s1. The van der Waals surface area contributed by atoms with Gasteiger partial charge in [0.2, 0.25) is 0 Å². The second-order valence-corrected chi connectivity index (χ2v) is 23.3. The number of methoxy groups -OCH3 is 1. The molecule has 2 aromatic carbocycles. The number of benzene rings is 2. The summed E-state index contributed by atoms with van der Waals surface area (Å²) in [5.74, 6) is -0.998. The van der Waals surface area contributed by atoms with Crippen LogP contribution in [0.4, 0.5) is 9.59 Å². The van der Waals surface area contributed by atoms with E-state index in [2.05, 4.69) is 51.0 Å². The fraction of sp³-hybridized carbons (Fsp3) is 0.661. The van der Waals surface area contributed by atoms with Gasteiger partial charge in [-0.2, -0.15) is 0 Å². The average molecular weight is 1080 g/mol. The van der Waals surface area contributed by atoms with Gasteiger partial charge in [0.15, 0.2) is 24.8 Å². The monoisotopic (exact) mass is 1070 g/mol. The lowest BCUT2D eigenvalue weighted by atomic mass is 9.46. The number of carbonyl (C=O) groups is 4. The van der Waals surface area contributed by atoms with Crippen molar-refractivity contribution in [2.45, 2.75) is 173 Å². The number of esters is 1. The third-order valence-corrected chi connectivity index (χ3v) is 18.3. The van der Waals surface area contributed by atoms with E-state index in [4.69, 9.17) is 37.9 Å². The Kier molecular flexibility index (Phi) is 18.6. The Bertz CT molecular complexity index is 2420. The fourth-order valence-electron chi connectivity index (χ4n) is 13.6. The third kappa shape index (κ3) is 12.3. The van der Waals surface area contributed by atoms with Crippen LogP contribution >= 0.6 is 0 Å². The molecule has 8 rings (SSSR count). The van der Waals surface area contributed by atoms with Crippen LogP contribution in [0.3, 0.4) is 0 Å². The molecule has 2 saturated heterocycles. The SMILES string of the molecule is C=CCOC(=O)NCc1ccc(CNC(=O)OC2COC(OC3C(O)COC(O[C@H]4C[C@H]5[C@@H]6CC=C7C[C@@H](O)CC[C@]7(C)C6CC[C@]5(C)[C@@]4(O)[C@H](C)C(=O)CCC(C)C)C3C)C(OC(=O)c3ccc(OC)cc3)C2O)cc1. The number of amides is 2. The van der Waals surface area contributed by atoms with E-state index in [1.807, 2.05) is 6.92 Å². The normalized spacial score (nSPS) is 35.9. The smallest absolute Gasteiger partial charge is 0.407 e. The topological polar surface area (TPSA) is 247 Å². The maximum absolute atomic E-state index is 14.3. The molecule has 3 saturated carbocycles. The highest BCUT2D eigenvalue weighted by Gasteiger charge is 2.70. The van der Waals surface area contributed by atoms with Crippen molar-refractivity contribution in [2.24, 2.45) is 46.3 Å². The number of ether oxygens (including phenoxy) is 8. The zero-order valence-electron chi connectivity index (χ0n) is 45.7. The van der Waals surface area contributed by atoms with Crippen molar-refractivity contribution < 1.29 is 77.5 Å².